The van der Waals surface area contributed by atoms with Crippen molar-refractivity contribution in [3.63, 3.8) is 0 Å². The van der Waals surface area contributed by atoms with Crippen molar-refractivity contribution in [2.24, 2.45) is 0 Å². The van der Waals surface area contributed by atoms with Crippen molar-refractivity contribution in [2.75, 3.05) is 25.1 Å². The van der Waals surface area contributed by atoms with Gasteiger partial charge in [-0.05, 0) is 62.7 Å². The fourth-order valence-electron chi connectivity index (χ4n) is 2.75. The van der Waals surface area contributed by atoms with Crippen LogP contribution in [0.15, 0.2) is 42.5 Å². The van der Waals surface area contributed by atoms with Gasteiger partial charge in [0.05, 0.1) is 12.1 Å². The molecular weight excluding hydrogens is 332 g/mol. The first-order chi connectivity index (χ1) is 12.5. The molecule has 138 valence electrons. The molecule has 1 aliphatic rings. The third kappa shape index (κ3) is 4.20. The van der Waals surface area contributed by atoms with Crippen molar-refractivity contribution in [1.82, 2.24) is 5.32 Å². The maximum atomic E-state index is 12.4. The number of hydrogen-bond donors (Lipinski definition) is 2. The highest BCUT2D eigenvalue weighted by atomic mass is 16.6. The molecule has 26 heavy (non-hydrogen) atoms. The number of urea groups is 1. The molecule has 2 N–H and O–H groups in total. The molecule has 0 atom stereocenters. The SMILES string of the molecule is CCOc1ccc(NC(=O)NC(C)(C)c2ccc3c(c2)OCCO3)cc1. The van der Waals surface area contributed by atoms with Crippen LogP contribution in [0.2, 0.25) is 0 Å². The van der Waals surface area contributed by atoms with E-state index in [4.69, 9.17) is 14.2 Å². The average Bonchev–Trinajstić information content (AvgIpc) is 2.62. The van der Waals surface area contributed by atoms with Crippen molar-refractivity contribution in [3.05, 3.63) is 48.0 Å². The van der Waals surface area contributed by atoms with Crippen molar-refractivity contribution in [1.29, 1.82) is 0 Å². The van der Waals surface area contributed by atoms with E-state index < -0.39 is 5.54 Å². The first kappa shape index (κ1) is 17.9. The molecule has 1 aliphatic heterocycles. The van der Waals surface area contributed by atoms with E-state index in [0.29, 0.717) is 31.3 Å². The summed E-state index contributed by atoms with van der Waals surface area (Å²) in [5.74, 6) is 2.21. The van der Waals surface area contributed by atoms with Crippen molar-refractivity contribution in [3.8, 4) is 17.2 Å². The van der Waals surface area contributed by atoms with Gasteiger partial charge in [-0.2, -0.15) is 0 Å². The monoisotopic (exact) mass is 356 g/mol. The highest BCUT2D eigenvalue weighted by molar-refractivity contribution is 5.89. The smallest absolute Gasteiger partial charge is 0.319 e. The van der Waals surface area contributed by atoms with Crippen molar-refractivity contribution >= 4 is 11.7 Å². The van der Waals surface area contributed by atoms with Gasteiger partial charge in [-0.25, -0.2) is 4.79 Å². The summed E-state index contributed by atoms with van der Waals surface area (Å²) in [6.07, 6.45) is 0. The molecule has 2 aromatic carbocycles. The number of anilines is 1. The molecule has 2 aromatic rings. The van der Waals surface area contributed by atoms with Gasteiger partial charge < -0.3 is 24.8 Å². The molecule has 6 nitrogen and oxygen atoms in total. The predicted molar refractivity (Wildman–Crippen MR) is 100 cm³/mol. The summed E-state index contributed by atoms with van der Waals surface area (Å²) in [6.45, 7) is 7.50. The molecule has 3 rings (SSSR count). The summed E-state index contributed by atoms with van der Waals surface area (Å²) in [5, 5.41) is 5.83. The molecule has 0 bridgehead atoms. The van der Waals surface area contributed by atoms with Crippen LogP contribution in [0.5, 0.6) is 17.2 Å². The van der Waals surface area contributed by atoms with Gasteiger partial charge in [0.15, 0.2) is 11.5 Å². The molecule has 0 spiro atoms. The second-order valence-corrected chi connectivity index (χ2v) is 6.52. The summed E-state index contributed by atoms with van der Waals surface area (Å²) < 4.78 is 16.6. The number of rotatable bonds is 5. The zero-order valence-corrected chi connectivity index (χ0v) is 15.3. The lowest BCUT2D eigenvalue weighted by Crippen LogP contribution is -2.43. The third-order valence-corrected chi connectivity index (χ3v) is 4.11. The number of carbonyl (C=O) groups excluding carboxylic acids is 1. The zero-order chi connectivity index (χ0) is 18.6. The molecule has 0 saturated heterocycles. The lowest BCUT2D eigenvalue weighted by atomic mass is 9.94. The Morgan fingerprint density at radius 1 is 1.08 bits per heavy atom. The van der Waals surface area contributed by atoms with Crippen LogP contribution in [0, 0.1) is 0 Å². The zero-order valence-electron chi connectivity index (χ0n) is 15.3. The fourth-order valence-corrected chi connectivity index (χ4v) is 2.75. The Morgan fingerprint density at radius 3 is 2.46 bits per heavy atom. The van der Waals surface area contributed by atoms with Gasteiger partial charge in [-0.15, -0.1) is 0 Å². The Hall–Kier alpha value is -2.89. The average molecular weight is 356 g/mol. The maximum absolute atomic E-state index is 12.4. The van der Waals surface area contributed by atoms with Gasteiger partial charge in [-0.1, -0.05) is 6.07 Å². The predicted octanol–water partition coefficient (Wildman–Crippen LogP) is 3.91. The van der Waals surface area contributed by atoms with Gasteiger partial charge in [0.2, 0.25) is 0 Å². The Morgan fingerprint density at radius 2 is 1.77 bits per heavy atom. The van der Waals surface area contributed by atoms with E-state index >= 15 is 0 Å². The number of amides is 2. The van der Waals surface area contributed by atoms with Crippen molar-refractivity contribution < 1.29 is 19.0 Å². The molecular formula is C20H24N2O4. The highest BCUT2D eigenvalue weighted by Gasteiger charge is 2.25. The number of nitrogens with one attached hydrogen (secondary N) is 2. The Kier molecular flexibility index (Phi) is 5.21. The molecule has 0 saturated carbocycles. The summed E-state index contributed by atoms with van der Waals surface area (Å²) in [5.41, 5.74) is 1.05. The molecule has 0 aromatic heterocycles. The van der Waals surface area contributed by atoms with E-state index in [-0.39, 0.29) is 6.03 Å². The van der Waals surface area contributed by atoms with E-state index in [1.54, 1.807) is 0 Å². The highest BCUT2D eigenvalue weighted by Crippen LogP contribution is 2.34. The second kappa shape index (κ2) is 7.56. The normalized spacial score (nSPS) is 13.0. The summed E-state index contributed by atoms with van der Waals surface area (Å²) in [7, 11) is 0. The van der Waals surface area contributed by atoms with Crippen LogP contribution < -0.4 is 24.8 Å². The molecule has 0 aliphatic carbocycles. The summed E-state index contributed by atoms with van der Waals surface area (Å²) >= 11 is 0. The minimum atomic E-state index is -0.578. The topological polar surface area (TPSA) is 68.8 Å². The van der Waals surface area contributed by atoms with Crippen LogP contribution >= 0.6 is 0 Å². The molecule has 0 radical (unpaired) electrons. The van der Waals surface area contributed by atoms with Crippen LogP contribution in [-0.2, 0) is 5.54 Å². The Balaban J connectivity index is 1.65. The van der Waals surface area contributed by atoms with Gasteiger partial charge in [0.25, 0.3) is 0 Å². The van der Waals surface area contributed by atoms with Crippen LogP contribution in [0.1, 0.15) is 26.3 Å². The van der Waals surface area contributed by atoms with Crippen LogP contribution in [0.3, 0.4) is 0 Å². The summed E-state index contributed by atoms with van der Waals surface area (Å²) in [4.78, 5) is 12.4. The largest absolute Gasteiger partial charge is 0.494 e. The van der Waals surface area contributed by atoms with E-state index in [9.17, 15) is 4.79 Å². The fraction of sp³-hybridized carbons (Fsp3) is 0.350. The van der Waals surface area contributed by atoms with Gasteiger partial charge >= 0.3 is 6.03 Å². The van der Waals surface area contributed by atoms with Gasteiger partial charge in [0.1, 0.15) is 19.0 Å². The van der Waals surface area contributed by atoms with Crippen LogP contribution in [-0.4, -0.2) is 25.9 Å². The minimum Gasteiger partial charge on any atom is -0.494 e. The third-order valence-electron chi connectivity index (χ3n) is 4.11. The standard InChI is InChI=1S/C20H24N2O4/c1-4-24-16-8-6-15(7-9-16)21-19(23)22-20(2,3)14-5-10-17-18(13-14)26-12-11-25-17/h5-10,13H,4,11-12H2,1-3H3,(H2,21,22,23). The molecule has 1 heterocycles. The number of benzene rings is 2. The second-order valence-electron chi connectivity index (χ2n) is 6.52. The first-order valence-corrected chi connectivity index (χ1v) is 8.70. The number of ether oxygens (including phenoxy) is 3. The molecule has 2 amide bonds. The maximum Gasteiger partial charge on any atom is 0.319 e. The van der Waals surface area contributed by atoms with Gasteiger partial charge in [-0.3, -0.25) is 0 Å². The van der Waals surface area contributed by atoms with Crippen LogP contribution in [0.4, 0.5) is 10.5 Å². The van der Waals surface area contributed by atoms with Crippen LogP contribution in [0.25, 0.3) is 0 Å². The molecule has 6 heteroatoms. The first-order valence-electron chi connectivity index (χ1n) is 8.70. The van der Waals surface area contributed by atoms with Crippen molar-refractivity contribution in [2.45, 2.75) is 26.3 Å². The molecule has 0 unspecified atom stereocenters. The number of hydrogen-bond acceptors (Lipinski definition) is 4. The van der Waals surface area contributed by atoms with E-state index in [1.807, 2.05) is 63.2 Å². The Bertz CT molecular complexity index is 772. The molecule has 0 fully saturated rings. The van der Waals surface area contributed by atoms with E-state index in [1.165, 1.54) is 0 Å². The lowest BCUT2D eigenvalue weighted by Gasteiger charge is -2.28. The lowest BCUT2D eigenvalue weighted by molar-refractivity contribution is 0.171. The van der Waals surface area contributed by atoms with Gasteiger partial charge in [0, 0.05) is 5.69 Å². The quantitative estimate of drug-likeness (QED) is 0.852. The summed E-state index contributed by atoms with van der Waals surface area (Å²) in [6, 6.07) is 12.7. The number of fused-ring (bicyclic) bond motifs is 1. The van der Waals surface area contributed by atoms with E-state index in [0.717, 1.165) is 17.1 Å². The minimum absolute atomic E-state index is 0.283. The number of carbonyl (C=O) groups is 1. The van der Waals surface area contributed by atoms with E-state index in [2.05, 4.69) is 10.6 Å². The Labute approximate surface area is 153 Å².